The smallest absolute Gasteiger partial charge is 0.162 e. The lowest BCUT2D eigenvalue weighted by Crippen LogP contribution is -2.34. The molecule has 3 N–H and O–H groups in total. The molecule has 1 fully saturated rings. The zero-order valence-electron chi connectivity index (χ0n) is 5.95. The molecule has 0 aromatic heterocycles. The van der Waals surface area contributed by atoms with Crippen LogP contribution in [0.5, 0.6) is 0 Å². The molecule has 3 heteroatoms. The second kappa shape index (κ2) is 2.86. The van der Waals surface area contributed by atoms with E-state index in [9.17, 15) is 0 Å². The Labute approximate surface area is 60.3 Å². The summed E-state index contributed by atoms with van der Waals surface area (Å²) in [6.45, 7) is 0.177. The SMILES string of the molecule is OCC1CCC(O)(O)CC1. The van der Waals surface area contributed by atoms with Crippen molar-refractivity contribution in [3.05, 3.63) is 0 Å². The summed E-state index contributed by atoms with van der Waals surface area (Å²) >= 11 is 0. The van der Waals surface area contributed by atoms with E-state index in [2.05, 4.69) is 0 Å². The zero-order chi connectivity index (χ0) is 7.61. The van der Waals surface area contributed by atoms with Gasteiger partial charge in [0.1, 0.15) is 0 Å². The van der Waals surface area contributed by atoms with Gasteiger partial charge in [0.15, 0.2) is 5.79 Å². The van der Waals surface area contributed by atoms with Gasteiger partial charge in [-0.3, -0.25) is 0 Å². The fourth-order valence-corrected chi connectivity index (χ4v) is 1.32. The third kappa shape index (κ3) is 1.94. The van der Waals surface area contributed by atoms with Gasteiger partial charge in [0.25, 0.3) is 0 Å². The van der Waals surface area contributed by atoms with Crippen molar-refractivity contribution in [2.45, 2.75) is 31.5 Å². The van der Waals surface area contributed by atoms with E-state index in [0.717, 1.165) is 12.8 Å². The lowest BCUT2D eigenvalue weighted by atomic mass is 9.86. The van der Waals surface area contributed by atoms with Crippen LogP contribution in [0.3, 0.4) is 0 Å². The minimum absolute atomic E-state index is 0.177. The van der Waals surface area contributed by atoms with Crippen molar-refractivity contribution in [1.82, 2.24) is 0 Å². The van der Waals surface area contributed by atoms with E-state index in [1.165, 1.54) is 0 Å². The van der Waals surface area contributed by atoms with E-state index in [1.54, 1.807) is 0 Å². The predicted molar refractivity (Wildman–Crippen MR) is 36.2 cm³/mol. The largest absolute Gasteiger partial charge is 0.396 e. The molecule has 0 spiro atoms. The summed E-state index contributed by atoms with van der Waals surface area (Å²) in [5.74, 6) is -1.17. The van der Waals surface area contributed by atoms with Crippen molar-refractivity contribution in [2.24, 2.45) is 5.92 Å². The average molecular weight is 146 g/mol. The molecule has 10 heavy (non-hydrogen) atoms. The van der Waals surface area contributed by atoms with Gasteiger partial charge in [-0.05, 0) is 18.8 Å². The molecule has 0 saturated heterocycles. The van der Waals surface area contributed by atoms with Gasteiger partial charge in [-0.1, -0.05) is 0 Å². The number of hydrogen-bond acceptors (Lipinski definition) is 3. The van der Waals surface area contributed by atoms with E-state index >= 15 is 0 Å². The molecular weight excluding hydrogens is 132 g/mol. The molecule has 1 aliphatic carbocycles. The fraction of sp³-hybridized carbons (Fsp3) is 1.00. The maximum atomic E-state index is 9.06. The second-order valence-electron chi connectivity index (χ2n) is 3.11. The quantitative estimate of drug-likeness (QED) is 0.451. The van der Waals surface area contributed by atoms with Crippen molar-refractivity contribution in [1.29, 1.82) is 0 Å². The number of rotatable bonds is 1. The minimum atomic E-state index is -1.45. The summed E-state index contributed by atoms with van der Waals surface area (Å²) in [5.41, 5.74) is 0. The van der Waals surface area contributed by atoms with Gasteiger partial charge in [-0.2, -0.15) is 0 Å². The topological polar surface area (TPSA) is 60.7 Å². The van der Waals surface area contributed by atoms with Crippen LogP contribution in [-0.4, -0.2) is 27.7 Å². The first-order valence-corrected chi connectivity index (χ1v) is 3.70. The lowest BCUT2D eigenvalue weighted by molar-refractivity contribution is -0.187. The van der Waals surface area contributed by atoms with E-state index < -0.39 is 5.79 Å². The van der Waals surface area contributed by atoms with E-state index in [0.29, 0.717) is 12.8 Å². The molecule has 0 amide bonds. The van der Waals surface area contributed by atoms with Gasteiger partial charge in [0, 0.05) is 19.4 Å². The molecule has 1 saturated carbocycles. The van der Waals surface area contributed by atoms with Crippen LogP contribution in [0, 0.1) is 5.92 Å². The van der Waals surface area contributed by atoms with Crippen molar-refractivity contribution >= 4 is 0 Å². The third-order valence-corrected chi connectivity index (χ3v) is 2.16. The van der Waals surface area contributed by atoms with Gasteiger partial charge >= 0.3 is 0 Å². The number of aliphatic hydroxyl groups is 3. The van der Waals surface area contributed by atoms with Gasteiger partial charge in [-0.25, -0.2) is 0 Å². The first-order chi connectivity index (χ1) is 4.64. The highest BCUT2D eigenvalue weighted by Crippen LogP contribution is 2.29. The normalized spacial score (nSPS) is 26.7. The highest BCUT2D eigenvalue weighted by Gasteiger charge is 2.29. The van der Waals surface area contributed by atoms with Crippen LogP contribution >= 0.6 is 0 Å². The zero-order valence-corrected chi connectivity index (χ0v) is 5.95. The van der Waals surface area contributed by atoms with Crippen LogP contribution in [-0.2, 0) is 0 Å². The van der Waals surface area contributed by atoms with Crippen LogP contribution in [0.1, 0.15) is 25.7 Å². The summed E-state index contributed by atoms with van der Waals surface area (Å²) in [7, 11) is 0. The summed E-state index contributed by atoms with van der Waals surface area (Å²) in [6.07, 6.45) is 2.25. The molecule has 0 radical (unpaired) electrons. The molecular formula is C7H14O3. The Kier molecular flexibility index (Phi) is 2.28. The first-order valence-electron chi connectivity index (χ1n) is 3.70. The third-order valence-electron chi connectivity index (χ3n) is 2.16. The molecule has 1 rings (SSSR count). The van der Waals surface area contributed by atoms with Crippen molar-refractivity contribution in [3.8, 4) is 0 Å². The van der Waals surface area contributed by atoms with Gasteiger partial charge in [0.2, 0.25) is 0 Å². The Balaban J connectivity index is 2.31. The Hall–Kier alpha value is -0.120. The van der Waals surface area contributed by atoms with Gasteiger partial charge in [-0.15, -0.1) is 0 Å². The van der Waals surface area contributed by atoms with Crippen molar-refractivity contribution < 1.29 is 15.3 Å². The molecule has 0 heterocycles. The molecule has 3 nitrogen and oxygen atoms in total. The molecule has 60 valence electrons. The van der Waals surface area contributed by atoms with Crippen LogP contribution in [0.25, 0.3) is 0 Å². The Morgan fingerprint density at radius 2 is 1.70 bits per heavy atom. The monoisotopic (exact) mass is 146 g/mol. The standard InChI is InChI=1S/C7H14O3/c8-5-6-1-3-7(9,10)4-2-6/h6,8-10H,1-5H2. The fourth-order valence-electron chi connectivity index (χ4n) is 1.32. The van der Waals surface area contributed by atoms with Crippen molar-refractivity contribution in [3.63, 3.8) is 0 Å². The Bertz CT molecular complexity index is 101. The molecule has 0 aromatic rings. The summed E-state index contributed by atoms with van der Waals surface area (Å²) in [5, 5.41) is 26.8. The molecule has 0 atom stereocenters. The molecule has 0 unspecified atom stereocenters. The molecule has 0 aliphatic heterocycles. The summed E-state index contributed by atoms with van der Waals surface area (Å²) < 4.78 is 0. The lowest BCUT2D eigenvalue weighted by Gasteiger charge is -2.30. The van der Waals surface area contributed by atoms with E-state index in [4.69, 9.17) is 15.3 Å². The number of hydrogen-bond donors (Lipinski definition) is 3. The van der Waals surface area contributed by atoms with Crippen LogP contribution in [0.2, 0.25) is 0 Å². The highest BCUT2D eigenvalue weighted by atomic mass is 16.5. The van der Waals surface area contributed by atoms with Crippen LogP contribution in [0.15, 0.2) is 0 Å². The highest BCUT2D eigenvalue weighted by molar-refractivity contribution is 4.75. The average Bonchev–Trinajstić information content (AvgIpc) is 1.88. The second-order valence-corrected chi connectivity index (χ2v) is 3.11. The molecule has 0 bridgehead atoms. The van der Waals surface area contributed by atoms with Crippen molar-refractivity contribution in [2.75, 3.05) is 6.61 Å². The Morgan fingerprint density at radius 3 is 2.10 bits per heavy atom. The van der Waals surface area contributed by atoms with Gasteiger partial charge < -0.3 is 15.3 Å². The predicted octanol–water partition coefficient (Wildman–Crippen LogP) is -0.150. The van der Waals surface area contributed by atoms with Crippen LogP contribution < -0.4 is 0 Å². The maximum absolute atomic E-state index is 9.06. The number of aliphatic hydroxyl groups excluding tert-OH is 1. The molecule has 1 aliphatic rings. The minimum Gasteiger partial charge on any atom is -0.396 e. The van der Waals surface area contributed by atoms with Gasteiger partial charge in [0.05, 0.1) is 0 Å². The molecule has 0 aromatic carbocycles. The van der Waals surface area contributed by atoms with Crippen LogP contribution in [0.4, 0.5) is 0 Å². The van der Waals surface area contributed by atoms with E-state index in [-0.39, 0.29) is 12.5 Å². The van der Waals surface area contributed by atoms with E-state index in [1.807, 2.05) is 0 Å². The summed E-state index contributed by atoms with van der Waals surface area (Å²) in [6, 6.07) is 0. The Morgan fingerprint density at radius 1 is 1.20 bits per heavy atom. The first kappa shape index (κ1) is 7.98. The summed E-state index contributed by atoms with van der Waals surface area (Å²) in [4.78, 5) is 0. The maximum Gasteiger partial charge on any atom is 0.162 e.